The molecule has 0 atom stereocenters. The van der Waals surface area contributed by atoms with E-state index in [0.29, 0.717) is 5.56 Å². The number of rotatable bonds is 5. The van der Waals surface area contributed by atoms with Crippen molar-refractivity contribution in [1.82, 2.24) is 9.97 Å². The standard InChI is InChI=1S/C19H10BrF4N5O2/c20-13-6-7-14(31-19(22,23)24)15(21)12(13)9-26-29-18-27-16(10-4-2-1-3-5-10)11(8-25)17(30)28-18/h1-7,9H,(H2,27,28,29,30). The number of anilines is 1. The number of aromatic amines is 1. The Balaban J connectivity index is 1.92. The second kappa shape index (κ2) is 8.97. The van der Waals surface area contributed by atoms with Gasteiger partial charge < -0.3 is 4.74 Å². The molecule has 2 aromatic carbocycles. The molecule has 3 aromatic rings. The van der Waals surface area contributed by atoms with Gasteiger partial charge in [0, 0.05) is 15.6 Å². The van der Waals surface area contributed by atoms with Crippen LogP contribution in [0.1, 0.15) is 11.1 Å². The van der Waals surface area contributed by atoms with Crippen molar-refractivity contribution in [2.24, 2.45) is 5.10 Å². The molecule has 0 saturated carbocycles. The topological polar surface area (TPSA) is 103 Å². The van der Waals surface area contributed by atoms with Crippen molar-refractivity contribution in [2.45, 2.75) is 6.36 Å². The molecular formula is C19H10BrF4N5O2. The van der Waals surface area contributed by atoms with E-state index in [0.717, 1.165) is 18.3 Å². The molecular weight excluding hydrogens is 486 g/mol. The van der Waals surface area contributed by atoms with Crippen molar-refractivity contribution in [3.05, 3.63) is 74.2 Å². The lowest BCUT2D eigenvalue weighted by Crippen LogP contribution is -2.18. The van der Waals surface area contributed by atoms with Crippen LogP contribution in [0.3, 0.4) is 0 Å². The van der Waals surface area contributed by atoms with Crippen LogP contribution in [-0.4, -0.2) is 22.5 Å². The SMILES string of the molecule is N#Cc1c(-c2ccccc2)nc(NN=Cc2c(Br)ccc(OC(F)(F)F)c2F)[nH]c1=O. The predicted octanol–water partition coefficient (Wildman–Crippen LogP) is 4.55. The summed E-state index contributed by atoms with van der Waals surface area (Å²) in [5, 5.41) is 13.0. The number of nitriles is 1. The Kier molecular flexibility index (Phi) is 6.36. The zero-order chi connectivity index (χ0) is 22.6. The van der Waals surface area contributed by atoms with Gasteiger partial charge in [-0.3, -0.25) is 9.78 Å². The van der Waals surface area contributed by atoms with E-state index in [1.165, 1.54) is 0 Å². The van der Waals surface area contributed by atoms with Crippen LogP contribution in [0, 0.1) is 17.1 Å². The maximum atomic E-state index is 14.4. The smallest absolute Gasteiger partial charge is 0.403 e. The summed E-state index contributed by atoms with van der Waals surface area (Å²) in [5.74, 6) is -2.50. The van der Waals surface area contributed by atoms with Crippen molar-refractivity contribution in [1.29, 1.82) is 5.26 Å². The fourth-order valence-corrected chi connectivity index (χ4v) is 2.87. The van der Waals surface area contributed by atoms with Gasteiger partial charge in [0.2, 0.25) is 5.95 Å². The highest BCUT2D eigenvalue weighted by Gasteiger charge is 2.33. The van der Waals surface area contributed by atoms with Crippen molar-refractivity contribution in [2.75, 3.05) is 5.43 Å². The Morgan fingerprint density at radius 3 is 2.58 bits per heavy atom. The van der Waals surface area contributed by atoms with Crippen LogP contribution in [0.15, 0.2) is 56.8 Å². The molecule has 0 aliphatic heterocycles. The molecule has 0 unspecified atom stereocenters. The fourth-order valence-electron chi connectivity index (χ4n) is 2.46. The Morgan fingerprint density at radius 1 is 1.23 bits per heavy atom. The molecule has 0 bridgehead atoms. The van der Waals surface area contributed by atoms with E-state index in [1.54, 1.807) is 36.4 Å². The maximum Gasteiger partial charge on any atom is 0.573 e. The van der Waals surface area contributed by atoms with Gasteiger partial charge in [-0.1, -0.05) is 46.3 Å². The summed E-state index contributed by atoms with van der Waals surface area (Å²) in [7, 11) is 0. The van der Waals surface area contributed by atoms with Crippen LogP contribution >= 0.6 is 15.9 Å². The molecule has 3 rings (SSSR count). The number of nitrogens with zero attached hydrogens (tertiary/aromatic N) is 3. The zero-order valence-corrected chi connectivity index (χ0v) is 16.8. The molecule has 2 N–H and O–H groups in total. The van der Waals surface area contributed by atoms with Gasteiger partial charge in [-0.2, -0.15) is 10.4 Å². The first-order chi connectivity index (χ1) is 14.7. The number of hydrogen-bond acceptors (Lipinski definition) is 6. The third-order valence-corrected chi connectivity index (χ3v) is 4.45. The number of halogens is 5. The van der Waals surface area contributed by atoms with Gasteiger partial charge in [0.15, 0.2) is 11.6 Å². The number of H-pyrrole nitrogens is 1. The van der Waals surface area contributed by atoms with Gasteiger partial charge in [0.1, 0.15) is 11.6 Å². The zero-order valence-electron chi connectivity index (χ0n) is 15.2. The van der Waals surface area contributed by atoms with Gasteiger partial charge in [0.05, 0.1) is 11.9 Å². The number of hydrazone groups is 1. The van der Waals surface area contributed by atoms with Gasteiger partial charge in [0.25, 0.3) is 5.56 Å². The quantitative estimate of drug-likeness (QED) is 0.307. The van der Waals surface area contributed by atoms with Gasteiger partial charge in [-0.25, -0.2) is 14.8 Å². The van der Waals surface area contributed by atoms with E-state index in [2.05, 4.69) is 41.2 Å². The molecule has 0 saturated heterocycles. The lowest BCUT2D eigenvalue weighted by molar-refractivity contribution is -0.275. The minimum Gasteiger partial charge on any atom is -0.403 e. The number of hydrogen-bond donors (Lipinski definition) is 2. The third-order valence-electron chi connectivity index (χ3n) is 3.76. The summed E-state index contributed by atoms with van der Waals surface area (Å²) in [6.07, 6.45) is -4.19. The number of alkyl halides is 3. The van der Waals surface area contributed by atoms with Crippen LogP contribution in [0.5, 0.6) is 5.75 Å². The maximum absolute atomic E-state index is 14.4. The van der Waals surface area contributed by atoms with Crippen molar-refractivity contribution in [3.63, 3.8) is 0 Å². The predicted molar refractivity (Wildman–Crippen MR) is 107 cm³/mol. The number of aromatic nitrogens is 2. The van der Waals surface area contributed by atoms with Crippen LogP contribution in [0.4, 0.5) is 23.5 Å². The molecule has 0 radical (unpaired) electrons. The van der Waals surface area contributed by atoms with Gasteiger partial charge >= 0.3 is 6.36 Å². The third kappa shape index (κ3) is 5.26. The molecule has 0 fully saturated rings. The molecule has 158 valence electrons. The second-order valence-electron chi connectivity index (χ2n) is 5.81. The Bertz CT molecular complexity index is 1240. The van der Waals surface area contributed by atoms with E-state index in [9.17, 15) is 27.6 Å². The lowest BCUT2D eigenvalue weighted by Gasteiger charge is -2.11. The molecule has 12 heteroatoms. The molecule has 0 aliphatic carbocycles. The Hall–Kier alpha value is -3.72. The summed E-state index contributed by atoms with van der Waals surface area (Å²) in [4.78, 5) is 18.6. The summed E-state index contributed by atoms with van der Waals surface area (Å²) < 4.78 is 55.3. The molecule has 0 amide bonds. The largest absolute Gasteiger partial charge is 0.573 e. The summed E-state index contributed by atoms with van der Waals surface area (Å²) >= 11 is 3.01. The minimum atomic E-state index is -5.07. The van der Waals surface area contributed by atoms with Crippen molar-refractivity contribution >= 4 is 28.1 Å². The Labute approximate surface area is 180 Å². The molecule has 31 heavy (non-hydrogen) atoms. The van der Waals surface area contributed by atoms with Crippen molar-refractivity contribution < 1.29 is 22.3 Å². The Morgan fingerprint density at radius 2 is 1.94 bits per heavy atom. The van der Waals surface area contributed by atoms with Crippen LogP contribution in [-0.2, 0) is 0 Å². The van der Waals surface area contributed by atoms with E-state index < -0.39 is 23.5 Å². The highest BCUT2D eigenvalue weighted by molar-refractivity contribution is 9.10. The molecule has 7 nitrogen and oxygen atoms in total. The average Bonchev–Trinajstić information content (AvgIpc) is 2.72. The van der Waals surface area contributed by atoms with E-state index >= 15 is 0 Å². The molecule has 0 aliphatic rings. The van der Waals surface area contributed by atoms with Crippen molar-refractivity contribution in [3.8, 4) is 23.1 Å². The first-order valence-corrected chi connectivity index (χ1v) is 9.11. The van der Waals surface area contributed by atoms with E-state index in [-0.39, 0.29) is 27.2 Å². The summed E-state index contributed by atoms with van der Waals surface area (Å²) in [6.45, 7) is 0. The monoisotopic (exact) mass is 495 g/mol. The highest BCUT2D eigenvalue weighted by atomic mass is 79.9. The first kappa shape index (κ1) is 22.0. The molecule has 1 aromatic heterocycles. The molecule has 1 heterocycles. The highest BCUT2D eigenvalue weighted by Crippen LogP contribution is 2.30. The molecule has 0 spiro atoms. The van der Waals surface area contributed by atoms with Crippen LogP contribution in [0.25, 0.3) is 11.3 Å². The summed E-state index contributed by atoms with van der Waals surface area (Å²) in [5.41, 5.74) is 1.67. The lowest BCUT2D eigenvalue weighted by atomic mass is 10.1. The number of benzene rings is 2. The second-order valence-corrected chi connectivity index (χ2v) is 6.66. The van der Waals surface area contributed by atoms with Gasteiger partial charge in [-0.05, 0) is 12.1 Å². The van der Waals surface area contributed by atoms with Gasteiger partial charge in [-0.15, -0.1) is 13.2 Å². The average molecular weight is 496 g/mol. The van der Waals surface area contributed by atoms with E-state index in [4.69, 9.17) is 0 Å². The summed E-state index contributed by atoms with van der Waals surface area (Å²) in [6, 6.07) is 12.2. The van der Waals surface area contributed by atoms with Crippen LogP contribution in [0.2, 0.25) is 0 Å². The fraction of sp³-hybridized carbons (Fsp3) is 0.0526. The minimum absolute atomic E-state index is 0.0949. The first-order valence-electron chi connectivity index (χ1n) is 8.32. The van der Waals surface area contributed by atoms with E-state index in [1.807, 2.05) is 0 Å². The van der Waals surface area contributed by atoms with Crippen LogP contribution < -0.4 is 15.7 Å². The normalized spacial score (nSPS) is 11.4. The number of nitrogens with one attached hydrogen (secondary N) is 2. The number of ether oxygens (including phenoxy) is 1.